The van der Waals surface area contributed by atoms with Gasteiger partial charge in [-0.25, -0.2) is 17.6 Å². The number of hydrogen-bond acceptors (Lipinski definition) is 1. The zero-order valence-electron chi connectivity index (χ0n) is 19.2. The minimum Gasteiger partial charge on any atom is -0.373 e. The molecule has 1 saturated heterocycles. The van der Waals surface area contributed by atoms with E-state index in [0.29, 0.717) is 11.5 Å². The van der Waals surface area contributed by atoms with Crippen molar-refractivity contribution in [1.82, 2.24) is 0 Å². The molecule has 3 aromatic carbocycles. The van der Waals surface area contributed by atoms with Crippen LogP contribution < -0.4 is 0 Å². The van der Waals surface area contributed by atoms with Gasteiger partial charge in [-0.1, -0.05) is 49.7 Å². The molecule has 2 unspecified atom stereocenters. The molecule has 1 fully saturated rings. The van der Waals surface area contributed by atoms with Crippen molar-refractivity contribution in [3.05, 3.63) is 83.4 Å². The van der Waals surface area contributed by atoms with Crippen LogP contribution in [0.2, 0.25) is 0 Å². The quantitative estimate of drug-likeness (QED) is 0.296. The van der Waals surface area contributed by atoms with Gasteiger partial charge in [-0.05, 0) is 65.6 Å². The molecule has 3 aromatic rings. The van der Waals surface area contributed by atoms with Gasteiger partial charge in [0, 0.05) is 5.56 Å². The van der Waals surface area contributed by atoms with Crippen LogP contribution >= 0.6 is 0 Å². The van der Waals surface area contributed by atoms with E-state index in [0.717, 1.165) is 37.0 Å². The van der Waals surface area contributed by atoms with E-state index in [1.807, 2.05) is 24.3 Å². The van der Waals surface area contributed by atoms with E-state index < -0.39 is 40.9 Å². The van der Waals surface area contributed by atoms with Crippen LogP contribution in [0.15, 0.2) is 54.5 Å². The summed E-state index contributed by atoms with van der Waals surface area (Å²) >= 11 is 0. The van der Waals surface area contributed by atoms with Crippen LogP contribution in [0.5, 0.6) is 0 Å². The van der Waals surface area contributed by atoms with Gasteiger partial charge in [0.1, 0.15) is 5.82 Å². The molecular formula is C26H24F4O. The first-order chi connectivity index (χ1) is 15.8. The minimum atomic E-state index is -1.91. The largest absolute Gasteiger partial charge is 0.373 e. The summed E-state index contributed by atoms with van der Waals surface area (Å²) in [7, 11) is 0. The van der Waals surface area contributed by atoms with Crippen molar-refractivity contribution in [3.8, 4) is 22.3 Å². The fraction of sp³-hybridized carbons (Fsp3) is 0.308. The van der Waals surface area contributed by atoms with Gasteiger partial charge < -0.3 is 4.74 Å². The third kappa shape index (κ3) is 4.67. The highest BCUT2D eigenvalue weighted by Gasteiger charge is 2.22. The molecule has 162 valence electrons. The van der Waals surface area contributed by atoms with Crippen molar-refractivity contribution < 1.29 is 25.0 Å². The van der Waals surface area contributed by atoms with Crippen molar-refractivity contribution in [3.63, 3.8) is 0 Å². The molecule has 0 N–H and O–H groups in total. The molecular weight excluding hydrogens is 404 g/mol. The Hall–Kier alpha value is -2.66. The molecule has 31 heavy (non-hydrogen) atoms. The first kappa shape index (κ1) is 19.1. The minimum absolute atomic E-state index is 0.0421. The van der Waals surface area contributed by atoms with Crippen LogP contribution in [0, 0.1) is 29.2 Å². The van der Waals surface area contributed by atoms with Gasteiger partial charge in [-0.2, -0.15) is 0 Å². The number of rotatable bonds is 5. The summed E-state index contributed by atoms with van der Waals surface area (Å²) in [6.07, 6.45) is 4.46. The van der Waals surface area contributed by atoms with E-state index in [2.05, 4.69) is 6.92 Å². The van der Waals surface area contributed by atoms with Crippen molar-refractivity contribution in [2.75, 3.05) is 6.61 Å². The molecule has 2 atom stereocenters. The van der Waals surface area contributed by atoms with Crippen LogP contribution in [-0.2, 0) is 4.74 Å². The number of benzene rings is 3. The highest BCUT2D eigenvalue weighted by molar-refractivity contribution is 5.71. The van der Waals surface area contributed by atoms with Crippen molar-refractivity contribution >= 4 is 0 Å². The van der Waals surface area contributed by atoms with Crippen LogP contribution in [0.1, 0.15) is 47.0 Å². The van der Waals surface area contributed by atoms with E-state index in [4.69, 9.17) is 7.48 Å². The van der Waals surface area contributed by atoms with Gasteiger partial charge in [0.15, 0.2) is 17.5 Å². The second kappa shape index (κ2) is 9.23. The van der Waals surface area contributed by atoms with Gasteiger partial charge in [0.2, 0.25) is 0 Å². The van der Waals surface area contributed by atoms with Crippen LogP contribution in [-0.4, -0.2) is 6.61 Å². The summed E-state index contributed by atoms with van der Waals surface area (Å²) in [6.45, 7) is 2.93. The van der Waals surface area contributed by atoms with Gasteiger partial charge in [-0.3, -0.25) is 0 Å². The van der Waals surface area contributed by atoms with Gasteiger partial charge in [-0.15, -0.1) is 0 Å². The predicted octanol–water partition coefficient (Wildman–Crippen LogP) is 7.84. The Morgan fingerprint density at radius 3 is 2.13 bits per heavy atom. The van der Waals surface area contributed by atoms with E-state index in [1.54, 1.807) is 0 Å². The van der Waals surface area contributed by atoms with E-state index in [9.17, 15) is 17.6 Å². The van der Waals surface area contributed by atoms with Gasteiger partial charge in [0.25, 0.3) is 0 Å². The molecule has 0 spiro atoms. The molecule has 0 bridgehead atoms. The highest BCUT2D eigenvalue weighted by atomic mass is 19.2. The molecule has 0 radical (unpaired) electrons. The molecule has 1 aliphatic heterocycles. The Morgan fingerprint density at radius 2 is 1.55 bits per heavy atom. The topological polar surface area (TPSA) is 9.23 Å². The molecule has 0 aliphatic carbocycles. The lowest BCUT2D eigenvalue weighted by atomic mass is 9.91. The van der Waals surface area contributed by atoms with Crippen molar-refractivity contribution in [2.24, 2.45) is 5.92 Å². The summed E-state index contributed by atoms with van der Waals surface area (Å²) in [5.74, 6) is -5.65. The second-order valence-corrected chi connectivity index (χ2v) is 7.94. The summed E-state index contributed by atoms with van der Waals surface area (Å²) in [6, 6.07) is 9.46. The third-order valence-corrected chi connectivity index (χ3v) is 5.78. The Labute approximate surface area is 182 Å². The van der Waals surface area contributed by atoms with Gasteiger partial charge >= 0.3 is 0 Å². The summed E-state index contributed by atoms with van der Waals surface area (Å²) < 4.78 is 77.4. The molecule has 0 saturated carbocycles. The molecule has 4 rings (SSSR count). The third-order valence-electron chi connectivity index (χ3n) is 5.78. The fourth-order valence-corrected chi connectivity index (χ4v) is 4.08. The van der Waals surface area contributed by atoms with Crippen molar-refractivity contribution in [1.29, 1.82) is 0 Å². The standard InChI is InChI=1S/C26H24F4O/c1-2-3-16-4-11-25(31-15-16)18-7-5-17(6-8-18)19-9-10-21(22(27)12-19)20-13-23(28)26(30)24(29)14-20/h5-10,12-14,16,25H,2-4,11,15H2,1H3/i13D,14D. The Morgan fingerprint density at radius 1 is 0.871 bits per heavy atom. The van der Waals surface area contributed by atoms with Gasteiger partial charge in [0.05, 0.1) is 15.5 Å². The Kier molecular flexibility index (Phi) is 5.67. The van der Waals surface area contributed by atoms with E-state index in [-0.39, 0.29) is 11.7 Å². The average Bonchev–Trinajstić information content (AvgIpc) is 2.83. The monoisotopic (exact) mass is 430 g/mol. The lowest BCUT2D eigenvalue weighted by molar-refractivity contribution is -0.0194. The summed E-state index contributed by atoms with van der Waals surface area (Å²) in [4.78, 5) is 0. The number of halogens is 4. The summed E-state index contributed by atoms with van der Waals surface area (Å²) in [5, 5.41) is 0. The Balaban J connectivity index is 1.57. The Bertz CT molecular complexity index is 1130. The smallest absolute Gasteiger partial charge is 0.194 e. The van der Waals surface area contributed by atoms with E-state index in [1.165, 1.54) is 24.6 Å². The molecule has 0 amide bonds. The number of ether oxygens (including phenoxy) is 1. The lowest BCUT2D eigenvalue weighted by Crippen LogP contribution is -2.20. The zero-order valence-corrected chi connectivity index (χ0v) is 17.2. The van der Waals surface area contributed by atoms with E-state index >= 15 is 0 Å². The molecule has 5 heteroatoms. The molecule has 1 heterocycles. The zero-order chi connectivity index (χ0) is 23.7. The average molecular weight is 430 g/mol. The molecule has 1 aliphatic rings. The first-order valence-corrected chi connectivity index (χ1v) is 10.5. The first-order valence-electron chi connectivity index (χ1n) is 11.5. The highest BCUT2D eigenvalue weighted by Crippen LogP contribution is 2.34. The summed E-state index contributed by atoms with van der Waals surface area (Å²) in [5.41, 5.74) is 1.36. The van der Waals surface area contributed by atoms with Crippen LogP contribution in [0.3, 0.4) is 0 Å². The van der Waals surface area contributed by atoms with Crippen molar-refractivity contribution in [2.45, 2.75) is 38.7 Å². The lowest BCUT2D eigenvalue weighted by Gasteiger charge is -2.29. The number of hydrogen-bond donors (Lipinski definition) is 0. The molecule has 1 nitrogen and oxygen atoms in total. The maximum Gasteiger partial charge on any atom is 0.194 e. The van der Waals surface area contributed by atoms with Crippen LogP contribution in [0.25, 0.3) is 22.3 Å². The maximum absolute atomic E-state index is 14.9. The second-order valence-electron chi connectivity index (χ2n) is 7.94. The SMILES string of the molecule is [2H]c1c(F)c(F)c(F)c([2H])c1-c1ccc(-c2ccc(C3CCC(CCC)CO3)cc2)cc1F. The molecule has 0 aromatic heterocycles. The predicted molar refractivity (Wildman–Crippen MR) is 113 cm³/mol. The van der Waals surface area contributed by atoms with Crippen LogP contribution in [0.4, 0.5) is 17.6 Å². The maximum atomic E-state index is 14.9. The normalized spacial score (nSPS) is 19.8. The fourth-order valence-electron chi connectivity index (χ4n) is 4.08.